The molecule has 0 bridgehead atoms. The van der Waals surface area contributed by atoms with Gasteiger partial charge in [0.1, 0.15) is 0 Å². The van der Waals surface area contributed by atoms with E-state index in [0.29, 0.717) is 0 Å². The van der Waals surface area contributed by atoms with Crippen molar-refractivity contribution in [2.24, 2.45) is 7.05 Å². The van der Waals surface area contributed by atoms with Crippen LogP contribution in [0, 0.1) is 0 Å². The van der Waals surface area contributed by atoms with Gasteiger partial charge in [0, 0.05) is 50.0 Å². The number of aryl methyl sites for hydroxylation is 1. The molecule has 1 aliphatic rings. The smallest absolute Gasteiger partial charge is 0.0896 e. The Morgan fingerprint density at radius 2 is 2.08 bits per heavy atom. The first-order valence-electron chi connectivity index (χ1n) is 8.39. The second kappa shape index (κ2) is 8.12. The first kappa shape index (κ1) is 17.4. The molecule has 1 saturated heterocycles. The lowest BCUT2D eigenvalue weighted by molar-refractivity contribution is -0.0392. The zero-order valence-electron chi connectivity index (χ0n) is 14.3. The van der Waals surface area contributed by atoms with Crippen LogP contribution in [0.25, 0.3) is 0 Å². The second-order valence-electron chi connectivity index (χ2n) is 6.35. The Morgan fingerprint density at radius 1 is 1.29 bits per heavy atom. The normalized spacial score (nSPS) is 20.2. The predicted molar refractivity (Wildman–Crippen MR) is 96.3 cm³/mol. The fourth-order valence-electron chi connectivity index (χ4n) is 3.15. The number of nitrogens with zero attached hydrogens (tertiary/aromatic N) is 3. The van der Waals surface area contributed by atoms with Gasteiger partial charge in [0.2, 0.25) is 0 Å². The first-order valence-corrected chi connectivity index (χ1v) is 8.77. The molecule has 3 rings (SSSR count). The average Bonchev–Trinajstić information content (AvgIpc) is 2.98. The van der Waals surface area contributed by atoms with Crippen molar-refractivity contribution in [3.63, 3.8) is 0 Å². The molecule has 1 aliphatic heterocycles. The highest BCUT2D eigenvalue weighted by Gasteiger charge is 2.27. The first-order chi connectivity index (χ1) is 11.6. The Labute approximate surface area is 148 Å². The predicted octanol–water partition coefficient (Wildman–Crippen LogP) is 2.28. The van der Waals surface area contributed by atoms with Crippen LogP contribution in [0.1, 0.15) is 17.3 Å². The largest absolute Gasteiger partial charge is 0.374 e. The van der Waals surface area contributed by atoms with E-state index in [0.717, 1.165) is 37.7 Å². The molecule has 130 valence electrons. The maximum atomic E-state index is 6.05. The molecule has 0 spiro atoms. The number of halogens is 1. The van der Waals surface area contributed by atoms with Gasteiger partial charge in [0.15, 0.2) is 0 Å². The van der Waals surface area contributed by atoms with E-state index in [9.17, 15) is 0 Å². The number of likely N-dealkylation sites (N-methyl/N-ethyl adjacent to an activating group) is 1. The minimum Gasteiger partial charge on any atom is -0.374 e. The Bertz CT molecular complexity index is 643. The van der Waals surface area contributed by atoms with E-state index in [2.05, 4.69) is 40.6 Å². The number of benzene rings is 1. The number of hydrogen-bond donors (Lipinski definition) is 1. The molecule has 0 amide bonds. The lowest BCUT2D eigenvalue weighted by Crippen LogP contribution is -2.47. The van der Waals surface area contributed by atoms with Crippen molar-refractivity contribution in [1.82, 2.24) is 20.0 Å². The van der Waals surface area contributed by atoms with Gasteiger partial charge < -0.3 is 15.0 Å². The van der Waals surface area contributed by atoms with Crippen LogP contribution in [0.4, 0.5) is 0 Å². The minimum atomic E-state index is 0.136. The van der Waals surface area contributed by atoms with E-state index >= 15 is 0 Å². The summed E-state index contributed by atoms with van der Waals surface area (Å²) in [5, 5.41) is 8.66. The SMILES string of the molecule is CN1CCO[C@H]([C@@H](NCCc2ccnn2C)c2ccc(Cl)cc2)C1. The van der Waals surface area contributed by atoms with E-state index in [1.54, 1.807) is 0 Å². The zero-order chi connectivity index (χ0) is 16.9. The van der Waals surface area contributed by atoms with Gasteiger partial charge in [-0.25, -0.2) is 0 Å². The number of ether oxygens (including phenoxy) is 1. The summed E-state index contributed by atoms with van der Waals surface area (Å²) in [4.78, 5) is 2.32. The molecule has 2 heterocycles. The summed E-state index contributed by atoms with van der Waals surface area (Å²) in [7, 11) is 4.12. The number of rotatable bonds is 6. The van der Waals surface area contributed by atoms with Gasteiger partial charge in [0.05, 0.1) is 18.8 Å². The summed E-state index contributed by atoms with van der Waals surface area (Å²) in [6.07, 6.45) is 2.91. The number of morpholine rings is 1. The van der Waals surface area contributed by atoms with E-state index in [4.69, 9.17) is 16.3 Å². The van der Waals surface area contributed by atoms with Gasteiger partial charge in [-0.15, -0.1) is 0 Å². The van der Waals surface area contributed by atoms with Crippen molar-refractivity contribution in [3.05, 3.63) is 52.8 Å². The van der Waals surface area contributed by atoms with Gasteiger partial charge in [-0.05, 0) is 30.8 Å². The Balaban J connectivity index is 1.69. The van der Waals surface area contributed by atoms with Crippen LogP contribution in [-0.2, 0) is 18.2 Å². The molecule has 5 nitrogen and oxygen atoms in total. The minimum absolute atomic E-state index is 0.136. The monoisotopic (exact) mass is 348 g/mol. The molecule has 0 aliphatic carbocycles. The summed E-state index contributed by atoms with van der Waals surface area (Å²) in [5.41, 5.74) is 2.43. The van der Waals surface area contributed by atoms with Crippen LogP contribution in [0.2, 0.25) is 5.02 Å². The molecule has 6 heteroatoms. The molecular weight excluding hydrogens is 324 g/mol. The summed E-state index contributed by atoms with van der Waals surface area (Å²) < 4.78 is 7.97. The van der Waals surface area contributed by atoms with Gasteiger partial charge >= 0.3 is 0 Å². The summed E-state index contributed by atoms with van der Waals surface area (Å²) >= 11 is 6.05. The van der Waals surface area contributed by atoms with Gasteiger partial charge in [-0.3, -0.25) is 4.68 Å². The highest BCUT2D eigenvalue weighted by atomic mass is 35.5. The molecule has 24 heavy (non-hydrogen) atoms. The van der Waals surface area contributed by atoms with Crippen LogP contribution in [0.3, 0.4) is 0 Å². The van der Waals surface area contributed by atoms with E-state index < -0.39 is 0 Å². The summed E-state index contributed by atoms with van der Waals surface area (Å²) in [6, 6.07) is 10.3. The van der Waals surface area contributed by atoms with Crippen LogP contribution in [-0.4, -0.2) is 54.1 Å². The molecule has 0 radical (unpaired) electrons. The Kier molecular flexibility index (Phi) is 5.89. The van der Waals surface area contributed by atoms with Gasteiger partial charge in [-0.2, -0.15) is 5.10 Å². The molecule has 1 aromatic heterocycles. The molecule has 0 saturated carbocycles. The van der Waals surface area contributed by atoms with Crippen molar-refractivity contribution in [1.29, 1.82) is 0 Å². The van der Waals surface area contributed by atoms with Crippen molar-refractivity contribution in [2.45, 2.75) is 18.6 Å². The van der Waals surface area contributed by atoms with Crippen molar-refractivity contribution >= 4 is 11.6 Å². The standard InChI is InChI=1S/C18H25ClN4O/c1-22-11-12-24-17(13-22)18(14-3-5-15(19)6-4-14)20-9-7-16-8-10-21-23(16)2/h3-6,8,10,17-18,20H,7,9,11-13H2,1-2H3/t17-,18-/m0/s1. The van der Waals surface area contributed by atoms with E-state index in [1.807, 2.05) is 30.1 Å². The second-order valence-corrected chi connectivity index (χ2v) is 6.79. The lowest BCUT2D eigenvalue weighted by Gasteiger charge is -2.36. The third-order valence-electron chi connectivity index (χ3n) is 4.57. The van der Waals surface area contributed by atoms with E-state index in [-0.39, 0.29) is 12.1 Å². The third kappa shape index (κ3) is 4.36. The number of hydrogen-bond acceptors (Lipinski definition) is 4. The maximum Gasteiger partial charge on any atom is 0.0896 e. The van der Waals surface area contributed by atoms with Crippen LogP contribution >= 0.6 is 11.6 Å². The molecule has 1 fully saturated rings. The fourth-order valence-corrected chi connectivity index (χ4v) is 3.28. The van der Waals surface area contributed by atoms with Gasteiger partial charge in [0.25, 0.3) is 0 Å². The zero-order valence-corrected chi connectivity index (χ0v) is 15.0. The number of nitrogens with one attached hydrogen (secondary N) is 1. The van der Waals surface area contributed by atoms with Crippen LogP contribution in [0.15, 0.2) is 36.5 Å². The highest BCUT2D eigenvalue weighted by molar-refractivity contribution is 6.30. The Morgan fingerprint density at radius 3 is 2.75 bits per heavy atom. The average molecular weight is 349 g/mol. The molecule has 1 aromatic carbocycles. The van der Waals surface area contributed by atoms with E-state index in [1.165, 1.54) is 11.3 Å². The van der Waals surface area contributed by atoms with Crippen molar-refractivity contribution in [3.8, 4) is 0 Å². The Hall–Kier alpha value is -1.40. The molecular formula is C18H25ClN4O. The number of aromatic nitrogens is 2. The fraction of sp³-hybridized carbons (Fsp3) is 0.500. The quantitative estimate of drug-likeness (QED) is 0.869. The summed E-state index contributed by atoms with van der Waals surface area (Å²) in [5.74, 6) is 0. The molecule has 0 unspecified atom stereocenters. The highest BCUT2D eigenvalue weighted by Crippen LogP contribution is 2.23. The maximum absolute atomic E-state index is 6.05. The van der Waals surface area contributed by atoms with Crippen LogP contribution < -0.4 is 5.32 Å². The third-order valence-corrected chi connectivity index (χ3v) is 4.82. The molecule has 2 atom stereocenters. The summed E-state index contributed by atoms with van der Waals surface area (Å²) in [6.45, 7) is 3.55. The van der Waals surface area contributed by atoms with Crippen molar-refractivity contribution in [2.75, 3.05) is 33.3 Å². The van der Waals surface area contributed by atoms with Gasteiger partial charge in [-0.1, -0.05) is 23.7 Å². The topological polar surface area (TPSA) is 42.3 Å². The molecule has 1 N–H and O–H groups in total. The lowest BCUT2D eigenvalue weighted by atomic mass is 9.99. The van der Waals surface area contributed by atoms with Crippen molar-refractivity contribution < 1.29 is 4.74 Å². The molecule has 2 aromatic rings. The van der Waals surface area contributed by atoms with Crippen LogP contribution in [0.5, 0.6) is 0 Å².